The van der Waals surface area contributed by atoms with Crippen LogP contribution in [0.25, 0.3) is 0 Å². The van der Waals surface area contributed by atoms with E-state index in [1.54, 1.807) is 20.8 Å². The molecule has 0 amide bonds. The Kier molecular flexibility index (Phi) is 4.43. The summed E-state index contributed by atoms with van der Waals surface area (Å²) in [6.07, 6.45) is -2.71. The number of anilines is 1. The summed E-state index contributed by atoms with van der Waals surface area (Å²) in [5, 5.41) is 31.9. The second-order valence-electron chi connectivity index (χ2n) is 6.25. The van der Waals surface area contributed by atoms with E-state index in [4.69, 9.17) is 9.84 Å². The molecule has 1 aliphatic rings. The van der Waals surface area contributed by atoms with E-state index < -0.39 is 41.8 Å². The second kappa shape index (κ2) is 5.84. The minimum absolute atomic E-state index is 0.0299. The number of aliphatic hydroxyl groups excluding tert-OH is 2. The summed E-state index contributed by atoms with van der Waals surface area (Å²) >= 11 is 0. The lowest BCUT2D eigenvalue weighted by Crippen LogP contribution is -2.44. The maximum Gasteiger partial charge on any atom is 0.332 e. The van der Waals surface area contributed by atoms with Crippen LogP contribution in [-0.4, -0.2) is 44.1 Å². The first-order valence-corrected chi connectivity index (χ1v) is 6.92. The summed E-state index contributed by atoms with van der Waals surface area (Å²) in [6, 6.07) is 1.02. The van der Waals surface area contributed by atoms with Crippen molar-refractivity contribution in [3.8, 4) is 0 Å². The zero-order valence-corrected chi connectivity index (χ0v) is 12.6. The molecule has 0 bridgehead atoms. The maximum absolute atomic E-state index is 12.4. The fourth-order valence-electron chi connectivity index (χ4n) is 2.31. The number of hydrogen-bond acceptors (Lipinski definition) is 6. The Bertz CT molecular complexity index is 646. The zero-order chi connectivity index (χ0) is 16.7. The normalized spacial score (nSPS) is 25.5. The Balaban J connectivity index is 2.52. The Morgan fingerprint density at radius 1 is 1.45 bits per heavy atom. The molecule has 0 unspecified atom stereocenters. The molecule has 9 heteroatoms. The van der Waals surface area contributed by atoms with Gasteiger partial charge in [0.2, 0.25) is 0 Å². The quantitative estimate of drug-likeness (QED) is 0.622. The summed E-state index contributed by atoms with van der Waals surface area (Å²) in [5.41, 5.74) is -2.38. The first-order chi connectivity index (χ1) is 10.1. The molecule has 2 rings (SSSR count). The molecule has 123 valence electrons. The molecule has 3 atom stereocenters. The maximum atomic E-state index is 12.4. The van der Waals surface area contributed by atoms with Crippen molar-refractivity contribution in [1.82, 2.24) is 9.55 Å². The van der Waals surface area contributed by atoms with Crippen LogP contribution in [-0.2, 0) is 9.94 Å². The van der Waals surface area contributed by atoms with Crippen LogP contribution in [0, 0.1) is 0 Å². The minimum atomic E-state index is -0.962. The Hall–Kier alpha value is -1.68. The Labute approximate surface area is 126 Å². The largest absolute Gasteiger partial charge is 0.394 e. The van der Waals surface area contributed by atoms with Gasteiger partial charge in [-0.05, 0) is 20.8 Å². The number of aliphatic hydroxyl groups is 2. The first-order valence-electron chi connectivity index (χ1n) is 6.92. The van der Waals surface area contributed by atoms with Crippen LogP contribution < -0.4 is 16.3 Å². The van der Waals surface area contributed by atoms with Crippen LogP contribution in [0.5, 0.6) is 0 Å². The Morgan fingerprint density at radius 3 is 2.59 bits per heavy atom. The minimum Gasteiger partial charge on any atom is -0.394 e. The molecule has 0 aliphatic carbocycles. The number of hydroxylamine groups is 1. The van der Waals surface area contributed by atoms with Gasteiger partial charge in [-0.15, -0.1) is 0 Å². The molecule has 9 nitrogen and oxygen atoms in total. The van der Waals surface area contributed by atoms with Crippen LogP contribution in [0.15, 0.2) is 15.7 Å². The molecular weight excluding hydrogens is 294 g/mol. The Morgan fingerprint density at radius 2 is 2.09 bits per heavy atom. The predicted molar refractivity (Wildman–Crippen MR) is 75.9 cm³/mol. The molecule has 1 fully saturated rings. The summed E-state index contributed by atoms with van der Waals surface area (Å²) in [6.45, 7) is 4.50. The molecular formula is C13H20N3O6. The predicted octanol–water partition coefficient (Wildman–Crippen LogP) is -0.872. The highest BCUT2D eigenvalue weighted by molar-refractivity contribution is 5.37. The molecule has 1 aliphatic heterocycles. The monoisotopic (exact) mass is 314 g/mol. The van der Waals surface area contributed by atoms with Gasteiger partial charge in [0, 0.05) is 12.5 Å². The number of aromatic amines is 1. The number of hydrogen-bond donors (Lipinski definition) is 3. The third-order valence-electron chi connectivity index (χ3n) is 3.45. The number of H-pyrrole nitrogens is 1. The summed E-state index contributed by atoms with van der Waals surface area (Å²) in [7, 11) is 0. The summed E-state index contributed by atoms with van der Waals surface area (Å²) in [5.74, 6) is -0.156. The molecule has 1 aromatic heterocycles. The van der Waals surface area contributed by atoms with Crippen molar-refractivity contribution in [1.29, 1.82) is 0 Å². The lowest BCUT2D eigenvalue weighted by Gasteiger charge is -2.31. The third-order valence-corrected chi connectivity index (χ3v) is 3.45. The first kappa shape index (κ1) is 16.7. The smallest absolute Gasteiger partial charge is 0.332 e. The summed E-state index contributed by atoms with van der Waals surface area (Å²) in [4.78, 5) is 25.7. The summed E-state index contributed by atoms with van der Waals surface area (Å²) < 4.78 is 6.41. The van der Waals surface area contributed by atoms with Crippen LogP contribution in [0.1, 0.15) is 33.4 Å². The van der Waals surface area contributed by atoms with Crippen molar-refractivity contribution >= 4 is 5.82 Å². The molecule has 22 heavy (non-hydrogen) atoms. The van der Waals surface area contributed by atoms with Crippen LogP contribution >= 0.6 is 0 Å². The number of aromatic nitrogens is 2. The molecule has 3 N–H and O–H groups in total. The van der Waals surface area contributed by atoms with E-state index in [0.717, 1.165) is 10.6 Å². The van der Waals surface area contributed by atoms with E-state index in [1.165, 1.54) is 0 Å². The van der Waals surface area contributed by atoms with E-state index in [1.807, 2.05) is 0 Å². The van der Waals surface area contributed by atoms with Crippen LogP contribution in [0.2, 0.25) is 0 Å². The molecule has 1 aromatic rings. The molecule has 2 heterocycles. The third kappa shape index (κ3) is 3.07. The van der Waals surface area contributed by atoms with Gasteiger partial charge in [-0.2, -0.15) is 5.06 Å². The number of nitrogens with zero attached hydrogens (tertiary/aromatic N) is 2. The topological polar surface area (TPSA) is 128 Å². The van der Waals surface area contributed by atoms with Gasteiger partial charge in [0.05, 0.1) is 18.2 Å². The lowest BCUT2D eigenvalue weighted by atomic mass is 10.1. The van der Waals surface area contributed by atoms with Gasteiger partial charge in [0.1, 0.15) is 18.1 Å². The van der Waals surface area contributed by atoms with Gasteiger partial charge in [0.15, 0.2) is 0 Å². The van der Waals surface area contributed by atoms with Crippen molar-refractivity contribution in [3.63, 3.8) is 0 Å². The van der Waals surface area contributed by atoms with Crippen molar-refractivity contribution in [2.45, 2.75) is 51.2 Å². The average Bonchev–Trinajstić information content (AvgIpc) is 2.76. The van der Waals surface area contributed by atoms with Gasteiger partial charge in [-0.1, -0.05) is 5.21 Å². The highest BCUT2D eigenvalue weighted by Gasteiger charge is 2.37. The van der Waals surface area contributed by atoms with Gasteiger partial charge in [-0.3, -0.25) is 14.3 Å². The van der Waals surface area contributed by atoms with Crippen molar-refractivity contribution in [2.75, 3.05) is 11.7 Å². The van der Waals surface area contributed by atoms with Crippen LogP contribution in [0.4, 0.5) is 5.82 Å². The number of nitrogens with one attached hydrogen (secondary N) is 1. The van der Waals surface area contributed by atoms with Crippen molar-refractivity contribution in [2.24, 2.45) is 0 Å². The van der Waals surface area contributed by atoms with E-state index in [-0.39, 0.29) is 12.2 Å². The SMILES string of the molecule is CC(C)(C)N([O])c1cc(=O)[nH]c(=O)n1[C@H]1C[C@H](O)[C@@H](CO)O1. The fraction of sp³-hybridized carbons (Fsp3) is 0.692. The average molecular weight is 314 g/mol. The highest BCUT2D eigenvalue weighted by atomic mass is 16.5. The van der Waals surface area contributed by atoms with E-state index in [2.05, 4.69) is 4.98 Å². The van der Waals surface area contributed by atoms with Gasteiger partial charge in [-0.25, -0.2) is 4.79 Å². The van der Waals surface area contributed by atoms with Gasteiger partial charge < -0.3 is 14.9 Å². The molecule has 0 spiro atoms. The van der Waals surface area contributed by atoms with E-state index >= 15 is 0 Å². The second-order valence-corrected chi connectivity index (χ2v) is 6.25. The van der Waals surface area contributed by atoms with Crippen LogP contribution in [0.3, 0.4) is 0 Å². The molecule has 0 aromatic carbocycles. The van der Waals surface area contributed by atoms with Crippen molar-refractivity contribution in [3.05, 3.63) is 26.9 Å². The number of rotatable bonds is 3. The molecule has 1 radical (unpaired) electrons. The standard InChI is InChI=1S/C13H20N3O6/c1-13(2,3)16(21)10-5-9(19)14-12(20)15(10)11-4-7(18)8(6-17)22-11/h5,7-8,11,17-18H,4,6H2,1-3H3,(H,14,19,20)/t7-,8+,11+/m0/s1. The van der Waals surface area contributed by atoms with E-state index in [0.29, 0.717) is 5.06 Å². The molecule has 1 saturated heterocycles. The number of ether oxygens (including phenoxy) is 1. The fourth-order valence-corrected chi connectivity index (χ4v) is 2.31. The van der Waals surface area contributed by atoms with Gasteiger partial charge in [0.25, 0.3) is 5.56 Å². The van der Waals surface area contributed by atoms with E-state index in [9.17, 15) is 19.9 Å². The van der Waals surface area contributed by atoms with Gasteiger partial charge >= 0.3 is 5.69 Å². The highest BCUT2D eigenvalue weighted by Crippen LogP contribution is 2.31. The zero-order valence-electron chi connectivity index (χ0n) is 12.6. The lowest BCUT2D eigenvalue weighted by molar-refractivity contribution is -0.0471. The molecule has 0 saturated carbocycles. The van der Waals surface area contributed by atoms with Crippen molar-refractivity contribution < 1.29 is 20.2 Å².